The molecule has 0 aliphatic carbocycles. The molecule has 0 aromatic heterocycles. The third-order valence-electron chi connectivity index (χ3n) is 3.56. The Hall–Kier alpha value is -1.02. The molecule has 0 amide bonds. The molecule has 1 aromatic carbocycles. The molecule has 1 N–H and O–H groups in total. The number of rotatable bonds is 10. The van der Waals surface area contributed by atoms with E-state index in [-0.39, 0.29) is 0 Å². The van der Waals surface area contributed by atoms with Crippen LogP contribution in [0, 0.1) is 5.92 Å². The first-order valence-corrected chi connectivity index (χ1v) is 7.68. The summed E-state index contributed by atoms with van der Waals surface area (Å²) in [6, 6.07) is 8.36. The van der Waals surface area contributed by atoms with Crippen molar-refractivity contribution < 1.29 is 4.74 Å². The maximum Gasteiger partial charge on any atom is 0.119 e. The quantitative estimate of drug-likeness (QED) is 0.632. The zero-order valence-corrected chi connectivity index (χ0v) is 12.7. The summed E-state index contributed by atoms with van der Waals surface area (Å²) >= 11 is 0. The fraction of sp³-hybridized carbons (Fsp3) is 0.647. The highest BCUT2D eigenvalue weighted by Crippen LogP contribution is 2.12. The molecule has 0 heterocycles. The summed E-state index contributed by atoms with van der Waals surface area (Å²) in [7, 11) is 0. The maximum absolute atomic E-state index is 5.43. The van der Waals surface area contributed by atoms with Gasteiger partial charge >= 0.3 is 0 Å². The van der Waals surface area contributed by atoms with Gasteiger partial charge in [-0.15, -0.1) is 0 Å². The van der Waals surface area contributed by atoms with Crippen LogP contribution in [0.4, 0.5) is 0 Å². The predicted molar refractivity (Wildman–Crippen MR) is 82.6 cm³/mol. The van der Waals surface area contributed by atoms with Gasteiger partial charge in [0.15, 0.2) is 0 Å². The highest BCUT2D eigenvalue weighted by Gasteiger charge is 1.98. The highest BCUT2D eigenvalue weighted by atomic mass is 16.5. The van der Waals surface area contributed by atoms with Crippen molar-refractivity contribution in [2.75, 3.05) is 13.2 Å². The molecule has 2 nitrogen and oxygen atoms in total. The highest BCUT2D eigenvalue weighted by molar-refractivity contribution is 5.27. The lowest BCUT2D eigenvalue weighted by Gasteiger charge is -2.09. The lowest BCUT2D eigenvalue weighted by molar-refractivity contribution is 0.340. The third kappa shape index (κ3) is 7.22. The van der Waals surface area contributed by atoms with Crippen LogP contribution in [-0.4, -0.2) is 13.2 Å². The molecule has 0 bridgehead atoms. The standard InChI is InChI=1S/C17H29NO/c1-4-15(3)8-6-7-13-18-14-16-9-11-17(12-10-16)19-5-2/h9-12,15,18H,4-8,13-14H2,1-3H3. The Labute approximate surface area is 118 Å². The van der Waals surface area contributed by atoms with Crippen molar-refractivity contribution in [3.63, 3.8) is 0 Å². The third-order valence-corrected chi connectivity index (χ3v) is 3.56. The van der Waals surface area contributed by atoms with Crippen LogP contribution >= 0.6 is 0 Å². The van der Waals surface area contributed by atoms with Gasteiger partial charge < -0.3 is 10.1 Å². The smallest absolute Gasteiger partial charge is 0.119 e. The van der Waals surface area contributed by atoms with Gasteiger partial charge in [0.1, 0.15) is 5.75 Å². The normalized spacial score (nSPS) is 12.4. The van der Waals surface area contributed by atoms with E-state index in [1.807, 2.05) is 19.1 Å². The van der Waals surface area contributed by atoms with Crippen molar-refractivity contribution >= 4 is 0 Å². The zero-order chi connectivity index (χ0) is 13.9. The minimum atomic E-state index is 0.730. The summed E-state index contributed by atoms with van der Waals surface area (Å²) in [6.45, 7) is 9.42. The van der Waals surface area contributed by atoms with Gasteiger partial charge in [-0.25, -0.2) is 0 Å². The van der Waals surface area contributed by atoms with Crippen LogP contribution in [0.25, 0.3) is 0 Å². The Morgan fingerprint density at radius 3 is 2.47 bits per heavy atom. The Morgan fingerprint density at radius 2 is 1.84 bits per heavy atom. The molecule has 108 valence electrons. The van der Waals surface area contributed by atoms with E-state index in [1.165, 1.54) is 31.2 Å². The van der Waals surface area contributed by atoms with Gasteiger partial charge in [-0.05, 0) is 43.5 Å². The fourth-order valence-corrected chi connectivity index (χ4v) is 2.05. The van der Waals surface area contributed by atoms with E-state index in [0.29, 0.717) is 0 Å². The topological polar surface area (TPSA) is 21.3 Å². The van der Waals surface area contributed by atoms with E-state index in [0.717, 1.165) is 31.4 Å². The lowest BCUT2D eigenvalue weighted by Crippen LogP contribution is -2.14. The predicted octanol–water partition coefficient (Wildman–Crippen LogP) is 4.39. The van der Waals surface area contributed by atoms with Gasteiger partial charge in [0, 0.05) is 6.54 Å². The Morgan fingerprint density at radius 1 is 1.11 bits per heavy atom. The number of ether oxygens (including phenoxy) is 1. The number of hydrogen-bond acceptors (Lipinski definition) is 2. The van der Waals surface area contributed by atoms with Crippen molar-refractivity contribution in [2.24, 2.45) is 5.92 Å². The molecule has 1 unspecified atom stereocenters. The SMILES string of the molecule is CCOc1ccc(CNCCCCC(C)CC)cc1. The molecule has 0 fully saturated rings. The molecule has 1 aromatic rings. The molecule has 2 heteroatoms. The van der Waals surface area contributed by atoms with Crippen LogP contribution in [0.2, 0.25) is 0 Å². The van der Waals surface area contributed by atoms with Gasteiger partial charge in [-0.1, -0.05) is 45.2 Å². The molecule has 19 heavy (non-hydrogen) atoms. The largest absolute Gasteiger partial charge is 0.494 e. The molecule has 0 saturated heterocycles. The molecule has 0 saturated carbocycles. The van der Waals surface area contributed by atoms with E-state index in [1.54, 1.807) is 0 Å². The van der Waals surface area contributed by atoms with Crippen LogP contribution in [-0.2, 0) is 6.54 Å². The minimum Gasteiger partial charge on any atom is -0.494 e. The van der Waals surface area contributed by atoms with E-state index in [4.69, 9.17) is 4.74 Å². The van der Waals surface area contributed by atoms with E-state index < -0.39 is 0 Å². The van der Waals surface area contributed by atoms with Crippen molar-refractivity contribution in [1.82, 2.24) is 5.32 Å². The fourth-order valence-electron chi connectivity index (χ4n) is 2.05. The van der Waals surface area contributed by atoms with Crippen molar-refractivity contribution in [2.45, 2.75) is 53.0 Å². The monoisotopic (exact) mass is 263 g/mol. The first-order chi connectivity index (χ1) is 9.26. The zero-order valence-electron chi connectivity index (χ0n) is 12.7. The van der Waals surface area contributed by atoms with Crippen LogP contribution in [0.1, 0.15) is 52.0 Å². The Bertz CT molecular complexity index is 321. The molecular weight excluding hydrogens is 234 g/mol. The Balaban J connectivity index is 2.09. The van der Waals surface area contributed by atoms with Gasteiger partial charge in [0.05, 0.1) is 6.61 Å². The molecule has 1 atom stereocenters. The summed E-state index contributed by atoms with van der Waals surface area (Å²) in [5, 5.41) is 3.50. The van der Waals surface area contributed by atoms with E-state index in [2.05, 4.69) is 31.3 Å². The average Bonchev–Trinajstić information content (AvgIpc) is 2.44. The van der Waals surface area contributed by atoms with Gasteiger partial charge in [0.25, 0.3) is 0 Å². The first kappa shape index (κ1) is 16.0. The molecule has 0 aliphatic rings. The van der Waals surface area contributed by atoms with Crippen LogP contribution < -0.4 is 10.1 Å². The van der Waals surface area contributed by atoms with Gasteiger partial charge in [-0.3, -0.25) is 0 Å². The second-order valence-electron chi connectivity index (χ2n) is 5.26. The van der Waals surface area contributed by atoms with Gasteiger partial charge in [0.2, 0.25) is 0 Å². The summed E-state index contributed by atoms with van der Waals surface area (Å²) in [6.07, 6.45) is 5.29. The second-order valence-corrected chi connectivity index (χ2v) is 5.26. The van der Waals surface area contributed by atoms with Crippen LogP contribution in [0.15, 0.2) is 24.3 Å². The van der Waals surface area contributed by atoms with Crippen LogP contribution in [0.5, 0.6) is 5.75 Å². The number of unbranched alkanes of at least 4 members (excludes halogenated alkanes) is 1. The van der Waals surface area contributed by atoms with Crippen molar-refractivity contribution in [3.8, 4) is 5.75 Å². The van der Waals surface area contributed by atoms with Gasteiger partial charge in [-0.2, -0.15) is 0 Å². The van der Waals surface area contributed by atoms with E-state index >= 15 is 0 Å². The van der Waals surface area contributed by atoms with Crippen molar-refractivity contribution in [1.29, 1.82) is 0 Å². The number of benzene rings is 1. The van der Waals surface area contributed by atoms with E-state index in [9.17, 15) is 0 Å². The molecule has 0 aliphatic heterocycles. The molecule has 0 spiro atoms. The summed E-state index contributed by atoms with van der Waals surface area (Å²) in [5.41, 5.74) is 1.32. The maximum atomic E-state index is 5.43. The number of hydrogen-bond donors (Lipinski definition) is 1. The minimum absolute atomic E-state index is 0.730. The summed E-state index contributed by atoms with van der Waals surface area (Å²) in [5.74, 6) is 1.84. The second kappa shape index (κ2) is 9.85. The molecule has 0 radical (unpaired) electrons. The first-order valence-electron chi connectivity index (χ1n) is 7.68. The summed E-state index contributed by atoms with van der Waals surface area (Å²) in [4.78, 5) is 0. The Kier molecular flexibility index (Phi) is 8.31. The average molecular weight is 263 g/mol. The molecule has 1 rings (SSSR count). The lowest BCUT2D eigenvalue weighted by atomic mass is 10.0. The number of nitrogens with one attached hydrogen (secondary N) is 1. The molecular formula is C17H29NO. The van der Waals surface area contributed by atoms with Crippen LogP contribution in [0.3, 0.4) is 0 Å². The summed E-state index contributed by atoms with van der Waals surface area (Å²) < 4.78 is 5.43. The van der Waals surface area contributed by atoms with Crippen molar-refractivity contribution in [3.05, 3.63) is 29.8 Å².